The number of para-hydroxylation sites is 1. The monoisotopic (exact) mass is 236 g/mol. The summed E-state index contributed by atoms with van der Waals surface area (Å²) in [6.45, 7) is 6.13. The maximum atomic E-state index is 10.7. The van der Waals surface area contributed by atoms with Crippen LogP contribution in [0, 0.1) is 0 Å². The number of carbonyl (C=O) groups is 1. The van der Waals surface area contributed by atoms with E-state index in [9.17, 15) is 4.79 Å². The van der Waals surface area contributed by atoms with Crippen molar-refractivity contribution in [1.82, 2.24) is 0 Å². The number of benzene rings is 1. The lowest BCUT2D eigenvalue weighted by Crippen LogP contribution is -2.20. The maximum absolute atomic E-state index is 10.7. The molecule has 0 saturated heterocycles. The summed E-state index contributed by atoms with van der Waals surface area (Å²) in [6.07, 6.45) is 0.481. The standard InChI is InChI=1S/C14H20O3/c1-4-11(9-14(15)16)17-13-8-6-5-7-12(13)10(2)3/h5-8,10-11H,4,9H2,1-3H3,(H,15,16). The number of hydrogen-bond donors (Lipinski definition) is 1. The van der Waals surface area contributed by atoms with Crippen LogP contribution in [0.2, 0.25) is 0 Å². The van der Waals surface area contributed by atoms with Crippen LogP contribution in [0.15, 0.2) is 24.3 Å². The highest BCUT2D eigenvalue weighted by Gasteiger charge is 2.15. The molecule has 94 valence electrons. The first-order chi connectivity index (χ1) is 8.04. The SMILES string of the molecule is CCC(CC(=O)O)Oc1ccccc1C(C)C. The highest BCUT2D eigenvalue weighted by molar-refractivity contribution is 5.67. The molecular weight excluding hydrogens is 216 g/mol. The second kappa shape index (κ2) is 6.28. The first-order valence-electron chi connectivity index (χ1n) is 6.02. The summed E-state index contributed by atoms with van der Waals surface area (Å²) in [4.78, 5) is 10.7. The van der Waals surface area contributed by atoms with E-state index in [2.05, 4.69) is 13.8 Å². The minimum absolute atomic E-state index is 0.0446. The molecule has 3 heteroatoms. The lowest BCUT2D eigenvalue weighted by Gasteiger charge is -2.19. The van der Waals surface area contributed by atoms with Gasteiger partial charge >= 0.3 is 5.97 Å². The van der Waals surface area contributed by atoms with E-state index >= 15 is 0 Å². The highest BCUT2D eigenvalue weighted by atomic mass is 16.5. The second-order valence-corrected chi connectivity index (χ2v) is 4.44. The Labute approximate surface area is 102 Å². The van der Waals surface area contributed by atoms with E-state index in [1.165, 1.54) is 0 Å². The van der Waals surface area contributed by atoms with Crippen molar-refractivity contribution in [3.63, 3.8) is 0 Å². The van der Waals surface area contributed by atoms with E-state index in [-0.39, 0.29) is 12.5 Å². The number of rotatable bonds is 6. The maximum Gasteiger partial charge on any atom is 0.307 e. The fraction of sp³-hybridized carbons (Fsp3) is 0.500. The Morgan fingerprint density at radius 1 is 1.35 bits per heavy atom. The van der Waals surface area contributed by atoms with Crippen molar-refractivity contribution in [3.05, 3.63) is 29.8 Å². The van der Waals surface area contributed by atoms with E-state index in [0.29, 0.717) is 12.3 Å². The van der Waals surface area contributed by atoms with Crippen LogP contribution in [0.4, 0.5) is 0 Å². The number of carboxylic acid groups (broad SMARTS) is 1. The number of hydrogen-bond acceptors (Lipinski definition) is 2. The van der Waals surface area contributed by atoms with Crippen molar-refractivity contribution in [2.24, 2.45) is 0 Å². The molecule has 0 radical (unpaired) electrons. The van der Waals surface area contributed by atoms with Gasteiger partial charge < -0.3 is 9.84 Å². The van der Waals surface area contributed by atoms with Gasteiger partial charge in [-0.1, -0.05) is 39.0 Å². The molecule has 0 saturated carbocycles. The molecule has 0 fully saturated rings. The molecule has 17 heavy (non-hydrogen) atoms. The first kappa shape index (κ1) is 13.6. The summed E-state index contributed by atoms with van der Waals surface area (Å²) in [5, 5.41) is 8.79. The average Bonchev–Trinajstić information content (AvgIpc) is 2.28. The van der Waals surface area contributed by atoms with Gasteiger partial charge in [0.1, 0.15) is 11.9 Å². The summed E-state index contributed by atoms with van der Waals surface area (Å²) >= 11 is 0. The fourth-order valence-electron chi connectivity index (χ4n) is 1.71. The van der Waals surface area contributed by atoms with Crippen LogP contribution in [0.3, 0.4) is 0 Å². The van der Waals surface area contributed by atoms with Crippen molar-refractivity contribution < 1.29 is 14.6 Å². The predicted octanol–water partition coefficient (Wildman–Crippen LogP) is 3.44. The van der Waals surface area contributed by atoms with E-state index < -0.39 is 5.97 Å². The van der Waals surface area contributed by atoms with Gasteiger partial charge in [-0.3, -0.25) is 4.79 Å². The smallest absolute Gasteiger partial charge is 0.307 e. The molecule has 0 aliphatic rings. The van der Waals surface area contributed by atoms with E-state index in [1.54, 1.807) is 0 Å². The quantitative estimate of drug-likeness (QED) is 0.823. The Kier molecular flexibility index (Phi) is 5.01. The minimum Gasteiger partial charge on any atom is -0.490 e. The van der Waals surface area contributed by atoms with Crippen molar-refractivity contribution in [2.75, 3.05) is 0 Å². The first-order valence-corrected chi connectivity index (χ1v) is 6.02. The summed E-state index contributed by atoms with van der Waals surface area (Å²) < 4.78 is 5.79. The van der Waals surface area contributed by atoms with Crippen LogP contribution in [0.1, 0.15) is 45.1 Å². The lowest BCUT2D eigenvalue weighted by atomic mass is 10.0. The van der Waals surface area contributed by atoms with E-state index in [4.69, 9.17) is 9.84 Å². The third-order valence-corrected chi connectivity index (χ3v) is 2.69. The van der Waals surface area contributed by atoms with Crippen molar-refractivity contribution in [3.8, 4) is 5.75 Å². The average molecular weight is 236 g/mol. The molecule has 0 heterocycles. The third-order valence-electron chi connectivity index (χ3n) is 2.69. The Bertz CT molecular complexity index is 371. The van der Waals surface area contributed by atoms with Crippen LogP contribution in [-0.2, 0) is 4.79 Å². The fourth-order valence-corrected chi connectivity index (χ4v) is 1.71. The Morgan fingerprint density at radius 3 is 2.53 bits per heavy atom. The molecule has 0 bridgehead atoms. The predicted molar refractivity (Wildman–Crippen MR) is 67.5 cm³/mol. The molecular formula is C14H20O3. The Balaban J connectivity index is 2.82. The Morgan fingerprint density at radius 2 is 2.00 bits per heavy atom. The summed E-state index contributed by atoms with van der Waals surface area (Å²) in [5.41, 5.74) is 1.12. The zero-order valence-corrected chi connectivity index (χ0v) is 10.6. The Hall–Kier alpha value is -1.51. The molecule has 1 atom stereocenters. The molecule has 1 aromatic rings. The van der Waals surface area contributed by atoms with Crippen LogP contribution in [-0.4, -0.2) is 17.2 Å². The van der Waals surface area contributed by atoms with Gasteiger partial charge in [-0.2, -0.15) is 0 Å². The molecule has 1 N–H and O–H groups in total. The van der Waals surface area contributed by atoms with Crippen LogP contribution in [0.5, 0.6) is 5.75 Å². The molecule has 0 amide bonds. The van der Waals surface area contributed by atoms with Gasteiger partial charge in [0, 0.05) is 0 Å². The van der Waals surface area contributed by atoms with Gasteiger partial charge in [-0.25, -0.2) is 0 Å². The van der Waals surface area contributed by atoms with Crippen molar-refractivity contribution >= 4 is 5.97 Å². The number of ether oxygens (including phenoxy) is 1. The normalized spacial score (nSPS) is 12.5. The largest absolute Gasteiger partial charge is 0.490 e. The van der Waals surface area contributed by atoms with E-state index in [1.807, 2.05) is 31.2 Å². The molecule has 0 aliphatic heterocycles. The molecule has 1 aromatic carbocycles. The number of carboxylic acids is 1. The molecule has 1 unspecified atom stereocenters. The van der Waals surface area contributed by atoms with Crippen LogP contribution >= 0.6 is 0 Å². The second-order valence-electron chi connectivity index (χ2n) is 4.44. The van der Waals surface area contributed by atoms with Gasteiger partial charge in [-0.15, -0.1) is 0 Å². The molecule has 3 nitrogen and oxygen atoms in total. The van der Waals surface area contributed by atoms with Crippen molar-refractivity contribution in [1.29, 1.82) is 0 Å². The van der Waals surface area contributed by atoms with Crippen molar-refractivity contribution in [2.45, 2.75) is 45.6 Å². The molecule has 0 spiro atoms. The highest BCUT2D eigenvalue weighted by Crippen LogP contribution is 2.27. The summed E-state index contributed by atoms with van der Waals surface area (Å²) in [5.74, 6) is 0.350. The minimum atomic E-state index is -0.820. The van der Waals surface area contributed by atoms with Crippen LogP contribution in [0.25, 0.3) is 0 Å². The lowest BCUT2D eigenvalue weighted by molar-refractivity contribution is -0.138. The molecule has 0 aliphatic carbocycles. The molecule has 0 aromatic heterocycles. The molecule has 1 rings (SSSR count). The van der Waals surface area contributed by atoms with Gasteiger partial charge in [0.15, 0.2) is 0 Å². The zero-order valence-electron chi connectivity index (χ0n) is 10.6. The summed E-state index contributed by atoms with van der Waals surface area (Å²) in [6, 6.07) is 7.81. The van der Waals surface area contributed by atoms with E-state index in [0.717, 1.165) is 11.3 Å². The summed E-state index contributed by atoms with van der Waals surface area (Å²) in [7, 11) is 0. The van der Waals surface area contributed by atoms with Gasteiger partial charge in [-0.05, 0) is 24.0 Å². The van der Waals surface area contributed by atoms with Crippen LogP contribution < -0.4 is 4.74 Å². The van der Waals surface area contributed by atoms with Gasteiger partial charge in [0.2, 0.25) is 0 Å². The van der Waals surface area contributed by atoms with Gasteiger partial charge in [0.05, 0.1) is 6.42 Å². The van der Waals surface area contributed by atoms with Gasteiger partial charge in [0.25, 0.3) is 0 Å². The third kappa shape index (κ3) is 4.10. The number of aliphatic carboxylic acids is 1. The zero-order chi connectivity index (χ0) is 12.8. The topological polar surface area (TPSA) is 46.5 Å².